The molecule has 0 aliphatic carbocycles. The van der Waals surface area contributed by atoms with E-state index in [1.807, 2.05) is 36.6 Å². The predicted octanol–water partition coefficient (Wildman–Crippen LogP) is 3.85. The summed E-state index contributed by atoms with van der Waals surface area (Å²) in [6, 6.07) is 12.4. The fourth-order valence-corrected chi connectivity index (χ4v) is 4.59. The molecule has 1 aromatic heterocycles. The molecule has 0 spiro atoms. The first-order valence-corrected chi connectivity index (χ1v) is 11.1. The Morgan fingerprint density at radius 1 is 1.14 bits per heavy atom. The zero-order valence-corrected chi connectivity index (χ0v) is 17.5. The molecule has 3 aromatic rings. The highest BCUT2D eigenvalue weighted by Crippen LogP contribution is 2.37. The Morgan fingerprint density at radius 2 is 1.83 bits per heavy atom. The minimum absolute atomic E-state index is 0.0777. The molecule has 2 aromatic carbocycles. The number of fused-ring (bicyclic) bond motifs is 1. The average molecular weight is 416 g/mol. The Labute approximate surface area is 170 Å². The van der Waals surface area contributed by atoms with Gasteiger partial charge in [0.2, 0.25) is 10.0 Å². The Balaban J connectivity index is 2.05. The zero-order valence-electron chi connectivity index (χ0n) is 16.7. The predicted molar refractivity (Wildman–Crippen MR) is 117 cm³/mol. The number of rotatable bonds is 7. The van der Waals surface area contributed by atoms with E-state index in [9.17, 15) is 13.2 Å². The van der Waals surface area contributed by atoms with E-state index < -0.39 is 16.0 Å². The second kappa shape index (κ2) is 8.16. The molecular weight excluding hydrogens is 390 g/mol. The fraction of sp³-hybridized carbons (Fsp3) is 0.286. The van der Waals surface area contributed by atoms with Crippen molar-refractivity contribution in [1.82, 2.24) is 4.57 Å². The highest BCUT2D eigenvalue weighted by atomic mass is 32.2. The van der Waals surface area contributed by atoms with Crippen LogP contribution in [-0.2, 0) is 21.3 Å². The standard InChI is InChI=1S/C21H25N3O4S/c1-4-12-29(26,27)23-16-9-6-14(7-10-16)20-19(22)17-11-8-15(21(25)28-3)13-18(17)24(20)5-2/h6-11,13,23H,4-5,12,22H2,1-3H3. The lowest BCUT2D eigenvalue weighted by Gasteiger charge is -2.11. The van der Waals surface area contributed by atoms with E-state index in [1.54, 1.807) is 24.3 Å². The third kappa shape index (κ3) is 4.07. The van der Waals surface area contributed by atoms with Gasteiger partial charge in [-0.25, -0.2) is 13.2 Å². The van der Waals surface area contributed by atoms with Crippen LogP contribution < -0.4 is 10.5 Å². The van der Waals surface area contributed by atoms with Crippen molar-refractivity contribution in [3.05, 3.63) is 48.0 Å². The van der Waals surface area contributed by atoms with Gasteiger partial charge in [0, 0.05) is 23.2 Å². The van der Waals surface area contributed by atoms with Gasteiger partial charge in [-0.05, 0) is 43.7 Å². The number of hydrogen-bond donors (Lipinski definition) is 2. The fourth-order valence-electron chi connectivity index (χ4n) is 3.46. The van der Waals surface area contributed by atoms with Crippen LogP contribution in [0.4, 0.5) is 11.4 Å². The first-order chi connectivity index (χ1) is 13.8. The molecule has 0 radical (unpaired) electrons. The smallest absolute Gasteiger partial charge is 0.337 e. The van der Waals surface area contributed by atoms with Crippen LogP contribution in [0.15, 0.2) is 42.5 Å². The molecule has 0 aliphatic heterocycles. The molecule has 8 heteroatoms. The van der Waals surface area contributed by atoms with Gasteiger partial charge in [0.15, 0.2) is 0 Å². The van der Waals surface area contributed by atoms with Crippen LogP contribution in [-0.4, -0.2) is 31.8 Å². The summed E-state index contributed by atoms with van der Waals surface area (Å²) in [6.07, 6.45) is 0.550. The number of aromatic nitrogens is 1. The number of esters is 1. The number of carbonyl (C=O) groups excluding carboxylic acids is 1. The number of nitrogen functional groups attached to an aromatic ring is 1. The average Bonchev–Trinajstić information content (AvgIpc) is 2.98. The second-order valence-electron chi connectivity index (χ2n) is 6.73. The number of carbonyl (C=O) groups is 1. The van der Waals surface area contributed by atoms with Gasteiger partial charge in [0.1, 0.15) is 0 Å². The number of benzene rings is 2. The molecule has 7 nitrogen and oxygen atoms in total. The van der Waals surface area contributed by atoms with Crippen molar-refractivity contribution in [3.63, 3.8) is 0 Å². The number of nitrogens with zero attached hydrogens (tertiary/aromatic N) is 1. The van der Waals surface area contributed by atoms with Crippen LogP contribution in [0.3, 0.4) is 0 Å². The maximum absolute atomic E-state index is 12.0. The lowest BCUT2D eigenvalue weighted by atomic mass is 10.1. The highest BCUT2D eigenvalue weighted by Gasteiger charge is 2.18. The SMILES string of the molecule is CCCS(=O)(=O)Nc1ccc(-c2c(N)c3ccc(C(=O)OC)cc3n2CC)cc1. The van der Waals surface area contributed by atoms with Crippen LogP contribution in [0, 0.1) is 0 Å². The van der Waals surface area contributed by atoms with Gasteiger partial charge >= 0.3 is 5.97 Å². The summed E-state index contributed by atoms with van der Waals surface area (Å²) in [6.45, 7) is 4.47. The maximum atomic E-state index is 12.0. The van der Waals surface area contributed by atoms with Crippen molar-refractivity contribution in [1.29, 1.82) is 0 Å². The third-order valence-electron chi connectivity index (χ3n) is 4.75. The summed E-state index contributed by atoms with van der Waals surface area (Å²) in [5.41, 5.74) is 10.5. The number of ether oxygens (including phenoxy) is 1. The summed E-state index contributed by atoms with van der Waals surface area (Å²) in [5, 5.41) is 0.849. The minimum Gasteiger partial charge on any atom is -0.465 e. The number of nitrogens with one attached hydrogen (secondary N) is 1. The van der Waals surface area contributed by atoms with E-state index in [1.165, 1.54) is 7.11 Å². The number of sulfonamides is 1. The molecule has 3 N–H and O–H groups in total. The largest absolute Gasteiger partial charge is 0.465 e. The van der Waals surface area contributed by atoms with Crippen molar-refractivity contribution < 1.29 is 17.9 Å². The molecule has 154 valence electrons. The summed E-state index contributed by atoms with van der Waals surface area (Å²) >= 11 is 0. The summed E-state index contributed by atoms with van der Waals surface area (Å²) in [4.78, 5) is 11.9. The lowest BCUT2D eigenvalue weighted by Crippen LogP contribution is -2.15. The van der Waals surface area contributed by atoms with Crippen LogP contribution in [0.5, 0.6) is 0 Å². The lowest BCUT2D eigenvalue weighted by molar-refractivity contribution is 0.0601. The van der Waals surface area contributed by atoms with Crippen molar-refractivity contribution >= 4 is 38.3 Å². The highest BCUT2D eigenvalue weighted by molar-refractivity contribution is 7.92. The van der Waals surface area contributed by atoms with Crippen LogP contribution in [0.25, 0.3) is 22.2 Å². The molecule has 0 saturated carbocycles. The topological polar surface area (TPSA) is 103 Å². The summed E-state index contributed by atoms with van der Waals surface area (Å²) < 4.78 is 33.4. The summed E-state index contributed by atoms with van der Waals surface area (Å²) in [7, 11) is -1.99. The number of nitrogens with two attached hydrogens (primary N) is 1. The van der Waals surface area contributed by atoms with E-state index in [0.29, 0.717) is 29.9 Å². The van der Waals surface area contributed by atoms with Crippen LogP contribution in [0.1, 0.15) is 30.6 Å². The van der Waals surface area contributed by atoms with E-state index in [4.69, 9.17) is 10.5 Å². The monoisotopic (exact) mass is 415 g/mol. The number of aryl methyl sites for hydroxylation is 1. The van der Waals surface area contributed by atoms with E-state index in [0.717, 1.165) is 22.2 Å². The van der Waals surface area contributed by atoms with Crippen molar-refractivity contribution in [3.8, 4) is 11.3 Å². The van der Waals surface area contributed by atoms with E-state index >= 15 is 0 Å². The first kappa shape index (κ1) is 20.7. The molecule has 0 bridgehead atoms. The first-order valence-electron chi connectivity index (χ1n) is 9.42. The van der Waals surface area contributed by atoms with Crippen LogP contribution >= 0.6 is 0 Å². The number of hydrogen-bond acceptors (Lipinski definition) is 5. The maximum Gasteiger partial charge on any atom is 0.337 e. The van der Waals surface area contributed by atoms with Gasteiger partial charge in [-0.1, -0.05) is 19.1 Å². The van der Waals surface area contributed by atoms with E-state index in [2.05, 4.69) is 4.72 Å². The molecule has 0 aliphatic rings. The van der Waals surface area contributed by atoms with Gasteiger partial charge in [0.05, 0.1) is 35.3 Å². The van der Waals surface area contributed by atoms with Gasteiger partial charge in [-0.3, -0.25) is 4.72 Å². The molecule has 0 atom stereocenters. The second-order valence-corrected chi connectivity index (χ2v) is 8.57. The molecule has 3 rings (SSSR count). The third-order valence-corrected chi connectivity index (χ3v) is 6.24. The van der Waals surface area contributed by atoms with Gasteiger partial charge in [0.25, 0.3) is 0 Å². The Bertz CT molecular complexity index is 1150. The van der Waals surface area contributed by atoms with Gasteiger partial charge in [-0.15, -0.1) is 0 Å². The van der Waals surface area contributed by atoms with Gasteiger partial charge in [-0.2, -0.15) is 0 Å². The Morgan fingerprint density at radius 3 is 2.41 bits per heavy atom. The zero-order chi connectivity index (χ0) is 21.2. The number of methoxy groups -OCH3 is 1. The molecule has 0 fully saturated rings. The van der Waals surface area contributed by atoms with Crippen molar-refractivity contribution in [2.75, 3.05) is 23.3 Å². The minimum atomic E-state index is -3.34. The quantitative estimate of drug-likeness (QED) is 0.571. The number of anilines is 2. The van der Waals surface area contributed by atoms with Crippen molar-refractivity contribution in [2.45, 2.75) is 26.8 Å². The van der Waals surface area contributed by atoms with Gasteiger partial charge < -0.3 is 15.0 Å². The molecule has 0 unspecified atom stereocenters. The van der Waals surface area contributed by atoms with Crippen molar-refractivity contribution in [2.24, 2.45) is 0 Å². The molecule has 0 amide bonds. The molecule has 0 saturated heterocycles. The molecule has 1 heterocycles. The normalized spacial score (nSPS) is 11.6. The van der Waals surface area contributed by atoms with E-state index in [-0.39, 0.29) is 5.75 Å². The molecular formula is C21H25N3O4S. The Hall–Kier alpha value is -3.00. The van der Waals surface area contributed by atoms with Crippen LogP contribution in [0.2, 0.25) is 0 Å². The Kier molecular flexibility index (Phi) is 5.83. The molecule has 29 heavy (non-hydrogen) atoms. The summed E-state index contributed by atoms with van der Waals surface area (Å²) in [5.74, 6) is -0.325.